The maximum Gasteiger partial charge on any atom is 0.258 e. The number of amides is 1. The minimum absolute atomic E-state index is 0.213. The Hall–Kier alpha value is -3.01. The van der Waals surface area contributed by atoms with Crippen molar-refractivity contribution in [3.8, 4) is 0 Å². The summed E-state index contributed by atoms with van der Waals surface area (Å²) in [6.45, 7) is 5.76. The molecule has 2 aliphatic rings. The molecule has 0 spiro atoms. The van der Waals surface area contributed by atoms with Crippen LogP contribution in [0.3, 0.4) is 0 Å². The summed E-state index contributed by atoms with van der Waals surface area (Å²) in [5.41, 5.74) is 1.50. The van der Waals surface area contributed by atoms with Crippen LogP contribution in [0.2, 0.25) is 0 Å². The lowest BCUT2D eigenvalue weighted by molar-refractivity contribution is 0.0951. The summed E-state index contributed by atoms with van der Waals surface area (Å²) in [5.74, 6) is 0.442. The molecule has 6 rings (SSSR count). The first kappa shape index (κ1) is 24.3. The van der Waals surface area contributed by atoms with Gasteiger partial charge in [-0.2, -0.15) is 0 Å². The highest BCUT2D eigenvalue weighted by atomic mass is 32.1. The van der Waals surface area contributed by atoms with Crippen molar-refractivity contribution in [1.29, 1.82) is 0 Å². The summed E-state index contributed by atoms with van der Waals surface area (Å²) < 4.78 is 3.01. The number of nitrogens with zero attached hydrogens (tertiary/aromatic N) is 4. The van der Waals surface area contributed by atoms with E-state index >= 15 is 0 Å². The quantitative estimate of drug-likeness (QED) is 0.370. The number of carbonyl (C=O) groups excluding carboxylic acids is 1. The fourth-order valence-corrected chi connectivity index (χ4v) is 7.00. The third-order valence-electron chi connectivity index (χ3n) is 7.88. The number of nitrogens with one attached hydrogen (secondary N) is 2. The van der Waals surface area contributed by atoms with E-state index in [1.165, 1.54) is 30.6 Å². The SMILES string of the molecule is CN1CCCC1CCNC(=O)c1c(=O)c2ccc(NCCN3CCCC3)nc2n2c1sc1ccccc12. The van der Waals surface area contributed by atoms with E-state index in [1.54, 1.807) is 0 Å². The van der Waals surface area contributed by atoms with Gasteiger partial charge in [0.25, 0.3) is 5.91 Å². The standard InChI is InChI=1S/C28H34N6O2S/c1-32-15-6-7-19(32)12-13-30-27(36)24-25(35)20-10-11-23(29-14-18-33-16-4-5-17-33)31-26(20)34-21-8-2-3-9-22(21)37-28(24)34/h2-3,8-11,19H,4-7,12-18H2,1H3,(H,29,31)(H,30,36). The summed E-state index contributed by atoms with van der Waals surface area (Å²) >= 11 is 1.47. The molecule has 0 radical (unpaired) electrons. The van der Waals surface area contributed by atoms with E-state index in [4.69, 9.17) is 4.98 Å². The molecule has 5 heterocycles. The molecule has 0 bridgehead atoms. The van der Waals surface area contributed by atoms with Crippen LogP contribution in [0.25, 0.3) is 26.1 Å². The molecule has 1 atom stereocenters. The van der Waals surface area contributed by atoms with Crippen LogP contribution < -0.4 is 16.1 Å². The van der Waals surface area contributed by atoms with Gasteiger partial charge >= 0.3 is 0 Å². The largest absolute Gasteiger partial charge is 0.369 e. The molecule has 2 fully saturated rings. The molecule has 2 N–H and O–H groups in total. The van der Waals surface area contributed by atoms with Gasteiger partial charge in [0.2, 0.25) is 5.43 Å². The van der Waals surface area contributed by atoms with Gasteiger partial charge < -0.3 is 20.4 Å². The lowest BCUT2D eigenvalue weighted by Crippen LogP contribution is -2.34. The summed E-state index contributed by atoms with van der Waals surface area (Å²) in [6, 6.07) is 12.2. The van der Waals surface area contributed by atoms with Crippen molar-refractivity contribution in [2.45, 2.75) is 38.1 Å². The third-order valence-corrected chi connectivity index (χ3v) is 9.03. The second-order valence-corrected chi connectivity index (χ2v) is 11.3. The Kier molecular flexibility index (Phi) is 6.84. The number of likely N-dealkylation sites (tertiary alicyclic amines) is 2. The number of hydrogen-bond acceptors (Lipinski definition) is 7. The summed E-state index contributed by atoms with van der Waals surface area (Å²) in [7, 11) is 2.14. The first-order valence-electron chi connectivity index (χ1n) is 13.4. The molecule has 9 heteroatoms. The summed E-state index contributed by atoms with van der Waals surface area (Å²) in [4.78, 5) is 37.4. The minimum Gasteiger partial charge on any atom is -0.369 e. The van der Waals surface area contributed by atoms with Gasteiger partial charge in [-0.1, -0.05) is 12.1 Å². The second-order valence-electron chi connectivity index (χ2n) is 10.3. The Balaban J connectivity index is 1.34. The van der Waals surface area contributed by atoms with Gasteiger partial charge in [-0.25, -0.2) is 4.98 Å². The van der Waals surface area contributed by atoms with E-state index < -0.39 is 0 Å². The molecule has 4 aromatic rings. The Morgan fingerprint density at radius 2 is 1.92 bits per heavy atom. The van der Waals surface area contributed by atoms with Crippen molar-refractivity contribution in [2.75, 3.05) is 51.6 Å². The molecule has 0 saturated carbocycles. The number of anilines is 1. The number of para-hydroxylation sites is 1. The second kappa shape index (κ2) is 10.4. The Labute approximate surface area is 220 Å². The lowest BCUT2D eigenvalue weighted by atomic mass is 10.1. The van der Waals surface area contributed by atoms with Crippen molar-refractivity contribution >= 4 is 49.1 Å². The summed E-state index contributed by atoms with van der Waals surface area (Å²) in [5, 5.41) is 6.94. The summed E-state index contributed by atoms with van der Waals surface area (Å²) in [6.07, 6.45) is 5.79. The average Bonchev–Trinajstić information content (AvgIpc) is 3.65. The van der Waals surface area contributed by atoms with Gasteiger partial charge in [0.05, 0.1) is 15.6 Å². The van der Waals surface area contributed by atoms with Crippen molar-refractivity contribution < 1.29 is 4.79 Å². The lowest BCUT2D eigenvalue weighted by Gasteiger charge is -2.19. The number of aromatic nitrogens is 2. The monoisotopic (exact) mass is 518 g/mol. The van der Waals surface area contributed by atoms with Gasteiger partial charge in [0.15, 0.2) is 5.65 Å². The molecule has 8 nitrogen and oxygen atoms in total. The Bertz CT molecular complexity index is 1510. The zero-order valence-corrected chi connectivity index (χ0v) is 22.1. The highest BCUT2D eigenvalue weighted by Gasteiger charge is 2.24. The van der Waals surface area contributed by atoms with Crippen LogP contribution in [0.4, 0.5) is 5.82 Å². The van der Waals surface area contributed by atoms with Crippen LogP contribution in [0.1, 0.15) is 42.5 Å². The van der Waals surface area contributed by atoms with Crippen molar-refractivity contribution in [2.24, 2.45) is 0 Å². The van der Waals surface area contributed by atoms with E-state index in [0.717, 1.165) is 61.6 Å². The third kappa shape index (κ3) is 4.71. The normalized spacial score (nSPS) is 18.9. The van der Waals surface area contributed by atoms with Gasteiger partial charge in [-0.05, 0) is 83.1 Å². The van der Waals surface area contributed by atoms with Crippen molar-refractivity contribution in [3.05, 3.63) is 52.2 Å². The van der Waals surface area contributed by atoms with Crippen LogP contribution in [0.15, 0.2) is 41.2 Å². The van der Waals surface area contributed by atoms with Crippen LogP contribution in [-0.4, -0.2) is 77.4 Å². The molecular weight excluding hydrogens is 484 g/mol. The average molecular weight is 519 g/mol. The van der Waals surface area contributed by atoms with E-state index in [-0.39, 0.29) is 16.9 Å². The maximum absolute atomic E-state index is 13.7. The first-order valence-corrected chi connectivity index (χ1v) is 14.2. The zero-order valence-electron chi connectivity index (χ0n) is 21.3. The molecular formula is C28H34N6O2S. The van der Waals surface area contributed by atoms with E-state index in [0.29, 0.717) is 28.5 Å². The van der Waals surface area contributed by atoms with E-state index in [9.17, 15) is 9.59 Å². The van der Waals surface area contributed by atoms with Crippen LogP contribution >= 0.6 is 11.3 Å². The number of benzene rings is 1. The number of fused-ring (bicyclic) bond motifs is 5. The molecule has 1 amide bonds. The van der Waals surface area contributed by atoms with Gasteiger partial charge in [-0.3, -0.25) is 14.0 Å². The van der Waals surface area contributed by atoms with E-state index in [1.807, 2.05) is 40.8 Å². The fraction of sp³-hybridized carbons (Fsp3) is 0.464. The number of hydrogen-bond donors (Lipinski definition) is 2. The minimum atomic E-state index is -0.301. The molecule has 2 aliphatic heterocycles. The Morgan fingerprint density at radius 3 is 2.73 bits per heavy atom. The highest BCUT2D eigenvalue weighted by Crippen LogP contribution is 2.31. The molecule has 0 aliphatic carbocycles. The topological polar surface area (TPSA) is 82.0 Å². The Morgan fingerprint density at radius 1 is 1.08 bits per heavy atom. The predicted molar refractivity (Wildman–Crippen MR) is 151 cm³/mol. The maximum atomic E-state index is 13.7. The zero-order chi connectivity index (χ0) is 25.4. The first-order chi connectivity index (χ1) is 18.1. The molecule has 37 heavy (non-hydrogen) atoms. The van der Waals surface area contributed by atoms with Crippen LogP contribution in [0, 0.1) is 0 Å². The van der Waals surface area contributed by atoms with Gasteiger partial charge in [0.1, 0.15) is 16.2 Å². The van der Waals surface area contributed by atoms with Gasteiger partial charge in [0, 0.05) is 25.7 Å². The molecule has 1 unspecified atom stereocenters. The number of carbonyl (C=O) groups is 1. The fourth-order valence-electron chi connectivity index (χ4n) is 5.82. The van der Waals surface area contributed by atoms with Crippen molar-refractivity contribution in [1.82, 2.24) is 24.5 Å². The van der Waals surface area contributed by atoms with Crippen LogP contribution in [-0.2, 0) is 0 Å². The molecule has 194 valence electrons. The number of rotatable bonds is 8. The smallest absolute Gasteiger partial charge is 0.258 e. The number of thiazole rings is 1. The van der Waals surface area contributed by atoms with Crippen molar-refractivity contribution in [3.63, 3.8) is 0 Å². The van der Waals surface area contributed by atoms with Gasteiger partial charge in [-0.15, -0.1) is 11.3 Å². The molecule has 1 aromatic carbocycles. The highest BCUT2D eigenvalue weighted by molar-refractivity contribution is 7.24. The number of pyridine rings is 2. The molecule has 3 aromatic heterocycles. The van der Waals surface area contributed by atoms with Crippen LogP contribution in [0.5, 0.6) is 0 Å². The molecule has 2 saturated heterocycles. The predicted octanol–water partition coefficient (Wildman–Crippen LogP) is 3.78. The van der Waals surface area contributed by atoms with E-state index in [2.05, 4.69) is 27.5 Å².